The molecule has 0 aromatic heterocycles. The van der Waals surface area contributed by atoms with E-state index >= 15 is 0 Å². The van der Waals surface area contributed by atoms with Crippen molar-refractivity contribution in [3.8, 4) is 0 Å². The summed E-state index contributed by atoms with van der Waals surface area (Å²) in [5.74, 6) is 0.535. The predicted molar refractivity (Wildman–Crippen MR) is 73.6 cm³/mol. The molecule has 0 heterocycles. The van der Waals surface area contributed by atoms with Gasteiger partial charge in [-0.05, 0) is 37.0 Å². The molecular weight excluding hydrogens is 271 g/mol. The second-order valence-corrected chi connectivity index (χ2v) is 5.56. The van der Waals surface area contributed by atoms with E-state index in [0.29, 0.717) is 28.1 Å². The number of benzene rings is 1. The molecule has 0 bridgehead atoms. The highest BCUT2D eigenvalue weighted by atomic mass is 35.5. The van der Waals surface area contributed by atoms with Crippen molar-refractivity contribution in [1.29, 1.82) is 0 Å². The molecule has 0 radical (unpaired) electrons. The largest absolute Gasteiger partial charge is 0.373 e. The van der Waals surface area contributed by atoms with E-state index in [1.807, 2.05) is 0 Å². The number of Topliss-reactive ketones (excluding diaryl/α,β-unsaturated/α-hetero) is 1. The molecule has 1 aromatic carbocycles. The zero-order chi connectivity index (χ0) is 13.0. The maximum Gasteiger partial charge on any atom is 0.189 e. The van der Waals surface area contributed by atoms with Gasteiger partial charge in [0, 0.05) is 10.6 Å². The third kappa shape index (κ3) is 3.71. The Balaban J connectivity index is 1.83. The van der Waals surface area contributed by atoms with Gasteiger partial charge in [-0.25, -0.2) is 0 Å². The van der Waals surface area contributed by atoms with Crippen molar-refractivity contribution in [2.24, 2.45) is 5.92 Å². The van der Waals surface area contributed by atoms with Crippen LogP contribution < -0.4 is 0 Å². The standard InChI is InChI=1S/C14H16Cl2O2/c15-11-5-6-12(13(16)7-11)14(17)9-18-8-10-3-1-2-4-10/h5-7,10H,1-4,8-9H2. The average molecular weight is 287 g/mol. The SMILES string of the molecule is O=C(COCC1CCCC1)c1ccc(Cl)cc1Cl. The van der Waals surface area contributed by atoms with Gasteiger partial charge in [0.15, 0.2) is 5.78 Å². The van der Waals surface area contributed by atoms with Gasteiger partial charge in [0.1, 0.15) is 6.61 Å². The summed E-state index contributed by atoms with van der Waals surface area (Å²) in [6.07, 6.45) is 5.00. The van der Waals surface area contributed by atoms with Crippen molar-refractivity contribution in [3.63, 3.8) is 0 Å². The first-order chi connectivity index (χ1) is 8.66. The van der Waals surface area contributed by atoms with Crippen LogP contribution in [0.1, 0.15) is 36.0 Å². The van der Waals surface area contributed by atoms with E-state index in [-0.39, 0.29) is 12.4 Å². The van der Waals surface area contributed by atoms with E-state index < -0.39 is 0 Å². The highest BCUT2D eigenvalue weighted by Gasteiger charge is 2.16. The third-order valence-electron chi connectivity index (χ3n) is 3.29. The Morgan fingerprint density at radius 1 is 1.28 bits per heavy atom. The van der Waals surface area contributed by atoms with Crippen LogP contribution in [0.15, 0.2) is 18.2 Å². The smallest absolute Gasteiger partial charge is 0.189 e. The second kappa shape index (κ2) is 6.55. The van der Waals surface area contributed by atoms with Crippen LogP contribution in [0.25, 0.3) is 0 Å². The Morgan fingerprint density at radius 3 is 2.67 bits per heavy atom. The molecule has 0 aliphatic heterocycles. The summed E-state index contributed by atoms with van der Waals surface area (Å²) in [6.45, 7) is 0.773. The van der Waals surface area contributed by atoms with E-state index in [9.17, 15) is 4.79 Å². The number of hydrogen-bond acceptors (Lipinski definition) is 2. The maximum absolute atomic E-state index is 11.9. The van der Waals surface area contributed by atoms with Crippen LogP contribution >= 0.6 is 23.2 Å². The van der Waals surface area contributed by atoms with Gasteiger partial charge in [0.2, 0.25) is 0 Å². The average Bonchev–Trinajstić information content (AvgIpc) is 2.81. The van der Waals surface area contributed by atoms with E-state index in [1.54, 1.807) is 18.2 Å². The lowest BCUT2D eigenvalue weighted by atomic mass is 10.1. The number of rotatable bonds is 5. The molecule has 0 saturated heterocycles. The minimum Gasteiger partial charge on any atom is -0.373 e. The highest BCUT2D eigenvalue weighted by Crippen LogP contribution is 2.25. The summed E-state index contributed by atoms with van der Waals surface area (Å²) in [6, 6.07) is 4.89. The summed E-state index contributed by atoms with van der Waals surface area (Å²) in [4.78, 5) is 11.9. The molecule has 1 aromatic rings. The number of ether oxygens (including phenoxy) is 1. The molecule has 1 aliphatic carbocycles. The van der Waals surface area contributed by atoms with Crippen molar-refractivity contribution in [2.45, 2.75) is 25.7 Å². The molecule has 1 aliphatic rings. The maximum atomic E-state index is 11.9. The molecule has 0 unspecified atom stereocenters. The van der Waals surface area contributed by atoms with E-state index in [4.69, 9.17) is 27.9 Å². The van der Waals surface area contributed by atoms with Crippen LogP contribution in [-0.2, 0) is 4.74 Å². The zero-order valence-corrected chi connectivity index (χ0v) is 11.6. The number of halogens is 2. The van der Waals surface area contributed by atoms with Crippen molar-refractivity contribution in [1.82, 2.24) is 0 Å². The fourth-order valence-corrected chi connectivity index (χ4v) is 2.80. The molecule has 4 heteroatoms. The number of hydrogen-bond donors (Lipinski definition) is 0. The molecule has 18 heavy (non-hydrogen) atoms. The Kier molecular flexibility index (Phi) is 5.04. The van der Waals surface area contributed by atoms with Crippen LogP contribution in [0.2, 0.25) is 10.0 Å². The summed E-state index contributed by atoms with van der Waals surface area (Å²) < 4.78 is 5.48. The lowest BCUT2D eigenvalue weighted by Gasteiger charge is -2.09. The normalized spacial score (nSPS) is 16.1. The van der Waals surface area contributed by atoms with E-state index in [2.05, 4.69) is 0 Å². The van der Waals surface area contributed by atoms with E-state index in [1.165, 1.54) is 25.7 Å². The number of ketones is 1. The summed E-state index contributed by atoms with van der Waals surface area (Å²) >= 11 is 11.8. The first-order valence-corrected chi connectivity index (χ1v) is 6.98. The molecule has 98 valence electrons. The Bertz CT molecular complexity index is 426. The predicted octanol–water partition coefficient (Wildman–Crippen LogP) is 4.38. The van der Waals surface area contributed by atoms with Gasteiger partial charge < -0.3 is 4.74 Å². The van der Waals surface area contributed by atoms with Crippen LogP contribution in [0.4, 0.5) is 0 Å². The van der Waals surface area contributed by atoms with Gasteiger partial charge in [0.05, 0.1) is 11.6 Å². The molecule has 1 saturated carbocycles. The topological polar surface area (TPSA) is 26.3 Å². The quantitative estimate of drug-likeness (QED) is 0.751. The minimum absolute atomic E-state index is 0.0883. The van der Waals surface area contributed by atoms with E-state index in [0.717, 1.165) is 0 Å². The van der Waals surface area contributed by atoms with Crippen molar-refractivity contribution in [2.75, 3.05) is 13.2 Å². The highest BCUT2D eigenvalue weighted by molar-refractivity contribution is 6.36. The third-order valence-corrected chi connectivity index (χ3v) is 3.84. The number of carbonyl (C=O) groups is 1. The van der Waals surface area contributed by atoms with Gasteiger partial charge in [-0.15, -0.1) is 0 Å². The molecule has 1 fully saturated rings. The molecule has 0 spiro atoms. The van der Waals surface area contributed by atoms with Gasteiger partial charge in [0.25, 0.3) is 0 Å². The van der Waals surface area contributed by atoms with Gasteiger partial charge >= 0.3 is 0 Å². The Morgan fingerprint density at radius 2 is 2.00 bits per heavy atom. The lowest BCUT2D eigenvalue weighted by Crippen LogP contribution is -2.13. The monoisotopic (exact) mass is 286 g/mol. The van der Waals surface area contributed by atoms with Crippen LogP contribution in [0, 0.1) is 5.92 Å². The molecule has 2 rings (SSSR count). The first-order valence-electron chi connectivity index (χ1n) is 6.23. The molecule has 2 nitrogen and oxygen atoms in total. The van der Waals surface area contributed by atoms with Crippen molar-refractivity contribution < 1.29 is 9.53 Å². The number of carbonyl (C=O) groups excluding carboxylic acids is 1. The fourth-order valence-electron chi connectivity index (χ4n) is 2.29. The summed E-state index contributed by atoms with van der Waals surface area (Å²) in [7, 11) is 0. The van der Waals surface area contributed by atoms with Crippen LogP contribution in [0.5, 0.6) is 0 Å². The second-order valence-electron chi connectivity index (χ2n) is 4.71. The van der Waals surface area contributed by atoms with Crippen LogP contribution in [-0.4, -0.2) is 19.0 Å². The Labute approximate surface area is 117 Å². The molecule has 0 amide bonds. The summed E-state index contributed by atoms with van der Waals surface area (Å²) in [5, 5.41) is 0.917. The molecule has 0 atom stereocenters. The summed E-state index contributed by atoms with van der Waals surface area (Å²) in [5.41, 5.74) is 0.479. The van der Waals surface area contributed by atoms with Gasteiger partial charge in [-0.3, -0.25) is 4.79 Å². The zero-order valence-electron chi connectivity index (χ0n) is 10.1. The first kappa shape index (κ1) is 13.9. The van der Waals surface area contributed by atoms with Gasteiger partial charge in [-0.1, -0.05) is 36.0 Å². The lowest BCUT2D eigenvalue weighted by molar-refractivity contribution is 0.0681. The van der Waals surface area contributed by atoms with Crippen LogP contribution in [0.3, 0.4) is 0 Å². The Hall–Kier alpha value is -0.570. The van der Waals surface area contributed by atoms with Crippen molar-refractivity contribution >= 4 is 29.0 Å². The minimum atomic E-state index is -0.0883. The fraction of sp³-hybridized carbons (Fsp3) is 0.500. The van der Waals surface area contributed by atoms with Crippen molar-refractivity contribution in [3.05, 3.63) is 33.8 Å². The molecule has 0 N–H and O–H groups in total. The van der Waals surface area contributed by atoms with Gasteiger partial charge in [-0.2, -0.15) is 0 Å². The molecular formula is C14H16Cl2O2.